The highest BCUT2D eigenvalue weighted by Gasteiger charge is 2.14. The molecule has 0 bridgehead atoms. The Hall–Kier alpha value is -2.69. The molecule has 0 fully saturated rings. The van der Waals surface area contributed by atoms with Crippen LogP contribution in [0, 0.1) is 13.8 Å². The van der Waals surface area contributed by atoms with Crippen molar-refractivity contribution in [2.45, 2.75) is 13.8 Å². The van der Waals surface area contributed by atoms with E-state index in [-0.39, 0.29) is 5.91 Å². The van der Waals surface area contributed by atoms with Crippen LogP contribution in [-0.4, -0.2) is 15.9 Å². The van der Waals surface area contributed by atoms with E-state index in [1.54, 1.807) is 31.3 Å². The first kappa shape index (κ1) is 12.3. The van der Waals surface area contributed by atoms with Crippen molar-refractivity contribution in [1.82, 2.24) is 9.97 Å². The lowest BCUT2D eigenvalue weighted by Crippen LogP contribution is -2.12. The van der Waals surface area contributed by atoms with E-state index in [4.69, 9.17) is 4.42 Å². The largest absolute Gasteiger partial charge is 0.441 e. The number of amides is 1. The Balaban J connectivity index is 1.94. The Kier molecular flexibility index (Phi) is 2.95. The Morgan fingerprint density at radius 3 is 2.80 bits per heavy atom. The van der Waals surface area contributed by atoms with E-state index < -0.39 is 0 Å². The Bertz CT molecular complexity index is 775. The fraction of sp³-hybridized carbons (Fsp3) is 0.133. The predicted octanol–water partition coefficient (Wildman–Crippen LogP) is 3.09. The number of hydrogen-bond donors (Lipinski definition) is 1. The average Bonchev–Trinajstić information content (AvgIpc) is 2.81. The summed E-state index contributed by atoms with van der Waals surface area (Å²) in [6.07, 6.45) is 1.63. The zero-order chi connectivity index (χ0) is 14.1. The zero-order valence-corrected chi connectivity index (χ0v) is 11.2. The SMILES string of the molecule is Cc1ccc(NC(=O)c2cccc3oc(C)nc23)cn1. The van der Waals surface area contributed by atoms with Crippen LogP contribution in [0.3, 0.4) is 0 Å². The van der Waals surface area contributed by atoms with Crippen LogP contribution in [0.1, 0.15) is 21.9 Å². The highest BCUT2D eigenvalue weighted by molar-refractivity contribution is 6.11. The second-order valence-corrected chi connectivity index (χ2v) is 4.53. The Morgan fingerprint density at radius 2 is 2.05 bits per heavy atom. The van der Waals surface area contributed by atoms with Crippen molar-refractivity contribution in [3.8, 4) is 0 Å². The minimum absolute atomic E-state index is 0.227. The number of pyridine rings is 1. The van der Waals surface area contributed by atoms with Crippen LogP contribution < -0.4 is 5.32 Å². The highest BCUT2D eigenvalue weighted by atomic mass is 16.3. The maximum atomic E-state index is 12.3. The molecule has 0 aliphatic heterocycles. The van der Waals surface area contributed by atoms with E-state index in [1.165, 1.54) is 0 Å². The molecule has 0 saturated carbocycles. The van der Waals surface area contributed by atoms with Gasteiger partial charge in [-0.15, -0.1) is 0 Å². The van der Waals surface area contributed by atoms with Crippen molar-refractivity contribution >= 4 is 22.7 Å². The summed E-state index contributed by atoms with van der Waals surface area (Å²) >= 11 is 0. The summed E-state index contributed by atoms with van der Waals surface area (Å²) in [6.45, 7) is 3.65. The molecule has 3 rings (SSSR count). The van der Waals surface area contributed by atoms with Crippen molar-refractivity contribution < 1.29 is 9.21 Å². The van der Waals surface area contributed by atoms with Gasteiger partial charge in [-0.25, -0.2) is 4.98 Å². The average molecular weight is 267 g/mol. The summed E-state index contributed by atoms with van der Waals surface area (Å²) in [5, 5.41) is 2.80. The van der Waals surface area contributed by atoms with Crippen molar-refractivity contribution in [2.75, 3.05) is 5.32 Å². The number of benzene rings is 1. The van der Waals surface area contributed by atoms with Crippen LogP contribution in [0.15, 0.2) is 40.9 Å². The number of nitrogens with zero attached hydrogens (tertiary/aromatic N) is 2. The molecule has 5 nitrogen and oxygen atoms in total. The molecule has 2 aromatic heterocycles. The summed E-state index contributed by atoms with van der Waals surface area (Å²) < 4.78 is 5.42. The van der Waals surface area contributed by atoms with E-state index in [2.05, 4.69) is 15.3 Å². The minimum atomic E-state index is -0.227. The maximum Gasteiger partial charge on any atom is 0.258 e. The molecule has 2 heterocycles. The van der Waals surface area contributed by atoms with Crippen LogP contribution >= 0.6 is 0 Å². The number of carbonyl (C=O) groups is 1. The number of fused-ring (bicyclic) bond motifs is 1. The number of rotatable bonds is 2. The molecule has 0 aliphatic carbocycles. The molecule has 0 aliphatic rings. The lowest BCUT2D eigenvalue weighted by atomic mass is 10.1. The minimum Gasteiger partial charge on any atom is -0.441 e. The lowest BCUT2D eigenvalue weighted by Gasteiger charge is -2.05. The molecular formula is C15H13N3O2. The van der Waals surface area contributed by atoms with Gasteiger partial charge in [0.1, 0.15) is 5.52 Å². The van der Waals surface area contributed by atoms with Gasteiger partial charge < -0.3 is 9.73 Å². The van der Waals surface area contributed by atoms with Crippen molar-refractivity contribution in [3.05, 3.63) is 53.7 Å². The quantitative estimate of drug-likeness (QED) is 0.774. The number of nitrogens with one attached hydrogen (secondary N) is 1. The number of oxazole rings is 1. The van der Waals surface area contributed by atoms with Crippen LogP contribution in [0.5, 0.6) is 0 Å². The van der Waals surface area contributed by atoms with Gasteiger partial charge in [-0.2, -0.15) is 0 Å². The maximum absolute atomic E-state index is 12.3. The van der Waals surface area contributed by atoms with Crippen LogP contribution in [0.2, 0.25) is 0 Å². The van der Waals surface area contributed by atoms with Gasteiger partial charge in [-0.3, -0.25) is 9.78 Å². The summed E-state index contributed by atoms with van der Waals surface area (Å²) in [5.74, 6) is 0.312. The van der Waals surface area contributed by atoms with Crippen LogP contribution in [0.25, 0.3) is 11.1 Å². The molecule has 0 spiro atoms. The van der Waals surface area contributed by atoms with Gasteiger partial charge in [-0.05, 0) is 31.2 Å². The van der Waals surface area contributed by atoms with Gasteiger partial charge in [0.25, 0.3) is 5.91 Å². The third kappa shape index (κ3) is 2.25. The van der Waals surface area contributed by atoms with E-state index in [9.17, 15) is 4.79 Å². The third-order valence-corrected chi connectivity index (χ3v) is 2.94. The summed E-state index contributed by atoms with van der Waals surface area (Å²) in [7, 11) is 0. The normalized spacial score (nSPS) is 10.7. The van der Waals surface area contributed by atoms with E-state index >= 15 is 0 Å². The van der Waals surface area contributed by atoms with Gasteiger partial charge in [0, 0.05) is 12.6 Å². The topological polar surface area (TPSA) is 68.0 Å². The second kappa shape index (κ2) is 4.77. The summed E-state index contributed by atoms with van der Waals surface area (Å²) in [6, 6.07) is 8.95. The van der Waals surface area contributed by atoms with E-state index in [0.717, 1.165) is 5.69 Å². The highest BCUT2D eigenvalue weighted by Crippen LogP contribution is 2.20. The first-order valence-electron chi connectivity index (χ1n) is 6.23. The molecule has 0 unspecified atom stereocenters. The number of carbonyl (C=O) groups excluding carboxylic acids is 1. The summed E-state index contributed by atoms with van der Waals surface area (Å²) in [5.41, 5.74) is 3.22. The zero-order valence-electron chi connectivity index (χ0n) is 11.2. The Morgan fingerprint density at radius 1 is 1.20 bits per heavy atom. The van der Waals surface area contributed by atoms with E-state index in [1.807, 2.05) is 19.1 Å². The number of hydrogen-bond acceptors (Lipinski definition) is 4. The van der Waals surface area contributed by atoms with Gasteiger partial charge in [0.15, 0.2) is 11.5 Å². The van der Waals surface area contributed by atoms with Crippen molar-refractivity contribution in [1.29, 1.82) is 0 Å². The molecule has 3 aromatic rings. The summed E-state index contributed by atoms with van der Waals surface area (Å²) in [4.78, 5) is 20.7. The van der Waals surface area contributed by atoms with Gasteiger partial charge in [0.05, 0.1) is 17.4 Å². The van der Waals surface area contributed by atoms with Crippen LogP contribution in [0.4, 0.5) is 5.69 Å². The third-order valence-electron chi connectivity index (χ3n) is 2.94. The molecule has 0 saturated heterocycles. The van der Waals surface area contributed by atoms with Gasteiger partial charge in [-0.1, -0.05) is 6.07 Å². The fourth-order valence-corrected chi connectivity index (χ4v) is 1.98. The van der Waals surface area contributed by atoms with E-state index in [0.29, 0.717) is 28.2 Å². The molecule has 0 radical (unpaired) electrons. The molecule has 100 valence electrons. The molecule has 5 heteroatoms. The first-order valence-corrected chi connectivity index (χ1v) is 6.23. The number of aryl methyl sites for hydroxylation is 2. The second-order valence-electron chi connectivity index (χ2n) is 4.53. The monoisotopic (exact) mass is 267 g/mol. The first-order chi connectivity index (χ1) is 9.63. The molecule has 1 amide bonds. The standard InChI is InChI=1S/C15H13N3O2/c1-9-6-7-11(8-16-9)18-15(19)12-4-3-5-13-14(12)17-10(2)20-13/h3-8H,1-2H3,(H,18,19). The Labute approximate surface area is 115 Å². The fourth-order valence-electron chi connectivity index (χ4n) is 1.98. The molecule has 20 heavy (non-hydrogen) atoms. The number of anilines is 1. The van der Waals surface area contributed by atoms with Crippen LogP contribution in [-0.2, 0) is 0 Å². The predicted molar refractivity (Wildman–Crippen MR) is 75.7 cm³/mol. The van der Waals surface area contributed by atoms with Gasteiger partial charge in [0.2, 0.25) is 0 Å². The molecule has 1 aromatic carbocycles. The number of aromatic nitrogens is 2. The van der Waals surface area contributed by atoms with Crippen molar-refractivity contribution in [2.24, 2.45) is 0 Å². The number of para-hydroxylation sites is 1. The molecule has 0 atom stereocenters. The lowest BCUT2D eigenvalue weighted by molar-refractivity contribution is 0.102. The van der Waals surface area contributed by atoms with Crippen molar-refractivity contribution in [3.63, 3.8) is 0 Å². The molecule has 1 N–H and O–H groups in total. The molecular weight excluding hydrogens is 254 g/mol. The smallest absolute Gasteiger partial charge is 0.258 e. The van der Waals surface area contributed by atoms with Gasteiger partial charge >= 0.3 is 0 Å².